The van der Waals surface area contributed by atoms with Gasteiger partial charge in [-0.2, -0.15) is 0 Å². The minimum absolute atomic E-state index is 0.0103. The van der Waals surface area contributed by atoms with Crippen LogP contribution in [0.25, 0.3) is 0 Å². The fourth-order valence-corrected chi connectivity index (χ4v) is 1.69. The molecule has 0 aliphatic heterocycles. The molecule has 11 heavy (non-hydrogen) atoms. The summed E-state index contributed by atoms with van der Waals surface area (Å²) in [6, 6.07) is 3.08. The molecule has 0 radical (unpaired) electrons. The van der Waals surface area contributed by atoms with E-state index in [1.54, 1.807) is 6.07 Å². The minimum Gasteiger partial charge on any atom is -0.506 e. The molecule has 2 nitrogen and oxygen atoms in total. The van der Waals surface area contributed by atoms with E-state index in [1.165, 1.54) is 6.07 Å². The lowest BCUT2D eigenvalue weighted by Crippen LogP contribution is -1.87. The number of hydrogen-bond donors (Lipinski definition) is 2. The molecular formula is C7H6ClIO2. The van der Waals surface area contributed by atoms with Crippen LogP contribution in [0.15, 0.2) is 12.1 Å². The quantitative estimate of drug-likeness (QED) is 0.776. The second-order valence-electron chi connectivity index (χ2n) is 2.05. The number of aliphatic hydroxyl groups is 1. The Morgan fingerprint density at radius 3 is 2.64 bits per heavy atom. The van der Waals surface area contributed by atoms with Gasteiger partial charge in [0.15, 0.2) is 0 Å². The molecule has 0 aliphatic rings. The van der Waals surface area contributed by atoms with E-state index in [9.17, 15) is 0 Å². The molecule has 0 fully saturated rings. The first-order chi connectivity index (χ1) is 5.15. The fourth-order valence-electron chi connectivity index (χ4n) is 0.702. The highest BCUT2D eigenvalue weighted by atomic mass is 127. The average molecular weight is 284 g/mol. The molecule has 0 saturated heterocycles. The highest BCUT2D eigenvalue weighted by Crippen LogP contribution is 2.27. The molecule has 60 valence electrons. The van der Waals surface area contributed by atoms with Crippen molar-refractivity contribution in [2.75, 3.05) is 0 Å². The first-order valence-corrected chi connectivity index (χ1v) is 4.38. The van der Waals surface area contributed by atoms with Crippen LogP contribution in [0, 0.1) is 3.57 Å². The van der Waals surface area contributed by atoms with Crippen LogP contribution in [0.3, 0.4) is 0 Å². The van der Waals surface area contributed by atoms with Crippen LogP contribution >= 0.6 is 34.2 Å². The molecule has 1 aromatic rings. The molecule has 0 unspecified atom stereocenters. The van der Waals surface area contributed by atoms with Crippen molar-refractivity contribution >= 4 is 34.2 Å². The third kappa shape index (κ3) is 1.98. The Bertz CT molecular complexity index is 275. The maximum absolute atomic E-state index is 9.11. The Labute approximate surface area is 82.9 Å². The maximum Gasteiger partial charge on any atom is 0.134 e. The van der Waals surface area contributed by atoms with Crippen LogP contribution in [0.2, 0.25) is 5.02 Å². The summed E-state index contributed by atoms with van der Waals surface area (Å²) in [4.78, 5) is 0. The van der Waals surface area contributed by atoms with Gasteiger partial charge in [-0.15, -0.1) is 0 Å². The summed E-state index contributed by atoms with van der Waals surface area (Å²) in [5.41, 5.74) is 0.688. The summed E-state index contributed by atoms with van der Waals surface area (Å²) in [6.07, 6.45) is 0. The van der Waals surface area contributed by atoms with Crippen LogP contribution in [0.5, 0.6) is 5.75 Å². The summed E-state index contributed by atoms with van der Waals surface area (Å²) < 4.78 is 0.855. The van der Waals surface area contributed by atoms with Gasteiger partial charge in [0.1, 0.15) is 5.75 Å². The highest BCUT2D eigenvalue weighted by Gasteiger charge is 2.03. The van der Waals surface area contributed by atoms with E-state index in [-0.39, 0.29) is 12.4 Å². The first-order valence-electron chi connectivity index (χ1n) is 2.93. The normalized spacial score (nSPS) is 10.1. The Kier molecular flexibility index (Phi) is 2.98. The number of hydrogen-bond acceptors (Lipinski definition) is 2. The SMILES string of the molecule is OCc1cc(O)c(Cl)cc1I. The molecular weight excluding hydrogens is 278 g/mol. The van der Waals surface area contributed by atoms with E-state index in [0.717, 1.165) is 3.57 Å². The van der Waals surface area contributed by atoms with Gasteiger partial charge in [-0.05, 0) is 40.3 Å². The van der Waals surface area contributed by atoms with Crippen molar-refractivity contribution in [2.45, 2.75) is 6.61 Å². The summed E-state index contributed by atoms with van der Waals surface area (Å²) in [5.74, 6) is 0.0103. The summed E-state index contributed by atoms with van der Waals surface area (Å²) in [7, 11) is 0. The number of aromatic hydroxyl groups is 1. The molecule has 2 N–H and O–H groups in total. The highest BCUT2D eigenvalue weighted by molar-refractivity contribution is 14.1. The van der Waals surface area contributed by atoms with E-state index >= 15 is 0 Å². The summed E-state index contributed by atoms with van der Waals surface area (Å²) in [5, 5.41) is 18.2. The van der Waals surface area contributed by atoms with Gasteiger partial charge in [-0.3, -0.25) is 0 Å². The Hall–Kier alpha value is -0.000000000000000111. The van der Waals surface area contributed by atoms with E-state index in [1.807, 2.05) is 22.6 Å². The number of phenols is 1. The fraction of sp³-hybridized carbons (Fsp3) is 0.143. The van der Waals surface area contributed by atoms with Crippen molar-refractivity contribution < 1.29 is 10.2 Å². The van der Waals surface area contributed by atoms with Crippen molar-refractivity contribution in [3.63, 3.8) is 0 Å². The van der Waals surface area contributed by atoms with Gasteiger partial charge in [0.25, 0.3) is 0 Å². The van der Waals surface area contributed by atoms with Crippen LogP contribution in [-0.2, 0) is 6.61 Å². The molecule has 0 saturated carbocycles. The Morgan fingerprint density at radius 2 is 2.09 bits per heavy atom. The van der Waals surface area contributed by atoms with Gasteiger partial charge in [-0.1, -0.05) is 11.6 Å². The Morgan fingerprint density at radius 1 is 1.45 bits per heavy atom. The van der Waals surface area contributed by atoms with Crippen molar-refractivity contribution in [3.05, 3.63) is 26.3 Å². The number of halogens is 2. The molecule has 0 bridgehead atoms. The van der Waals surface area contributed by atoms with Gasteiger partial charge in [0.2, 0.25) is 0 Å². The second-order valence-corrected chi connectivity index (χ2v) is 3.62. The van der Waals surface area contributed by atoms with Gasteiger partial charge < -0.3 is 10.2 Å². The third-order valence-electron chi connectivity index (χ3n) is 1.29. The standard InChI is InChI=1S/C7H6ClIO2/c8-5-2-6(9)4(3-10)1-7(5)11/h1-2,10-11H,3H2. The molecule has 0 aromatic heterocycles. The zero-order valence-corrected chi connectivity index (χ0v) is 8.43. The predicted molar refractivity (Wildman–Crippen MR) is 51.8 cm³/mol. The van der Waals surface area contributed by atoms with Crippen LogP contribution in [0.4, 0.5) is 0 Å². The largest absolute Gasteiger partial charge is 0.506 e. The molecule has 0 atom stereocenters. The number of aliphatic hydroxyl groups excluding tert-OH is 1. The number of rotatable bonds is 1. The molecule has 1 aromatic carbocycles. The topological polar surface area (TPSA) is 40.5 Å². The van der Waals surface area contributed by atoms with Crippen LogP contribution in [-0.4, -0.2) is 10.2 Å². The zero-order chi connectivity index (χ0) is 8.43. The molecule has 0 spiro atoms. The van der Waals surface area contributed by atoms with Gasteiger partial charge in [-0.25, -0.2) is 0 Å². The molecule has 0 amide bonds. The van der Waals surface area contributed by atoms with Gasteiger partial charge >= 0.3 is 0 Å². The van der Waals surface area contributed by atoms with E-state index in [0.29, 0.717) is 10.6 Å². The monoisotopic (exact) mass is 284 g/mol. The van der Waals surface area contributed by atoms with Crippen molar-refractivity contribution in [3.8, 4) is 5.75 Å². The van der Waals surface area contributed by atoms with Crippen molar-refractivity contribution in [1.82, 2.24) is 0 Å². The lowest BCUT2D eigenvalue weighted by molar-refractivity contribution is 0.280. The van der Waals surface area contributed by atoms with Crippen LogP contribution in [0.1, 0.15) is 5.56 Å². The smallest absolute Gasteiger partial charge is 0.134 e. The number of benzene rings is 1. The summed E-state index contributed by atoms with van der Waals surface area (Å²) in [6.45, 7) is -0.0804. The van der Waals surface area contributed by atoms with E-state index in [4.69, 9.17) is 21.8 Å². The van der Waals surface area contributed by atoms with Crippen molar-refractivity contribution in [1.29, 1.82) is 0 Å². The lowest BCUT2D eigenvalue weighted by Gasteiger charge is -2.02. The van der Waals surface area contributed by atoms with Crippen LogP contribution < -0.4 is 0 Å². The van der Waals surface area contributed by atoms with Gasteiger partial charge in [0, 0.05) is 3.57 Å². The predicted octanol–water partition coefficient (Wildman–Crippen LogP) is 2.14. The molecule has 0 aliphatic carbocycles. The molecule has 0 heterocycles. The van der Waals surface area contributed by atoms with Crippen molar-refractivity contribution in [2.24, 2.45) is 0 Å². The average Bonchev–Trinajstić information content (AvgIpc) is 1.97. The number of phenolic OH excluding ortho intramolecular Hbond substituents is 1. The van der Waals surface area contributed by atoms with E-state index in [2.05, 4.69) is 0 Å². The third-order valence-corrected chi connectivity index (χ3v) is 2.59. The second kappa shape index (κ2) is 3.60. The first kappa shape index (κ1) is 9.09. The lowest BCUT2D eigenvalue weighted by atomic mass is 10.2. The minimum atomic E-state index is -0.0804. The van der Waals surface area contributed by atoms with Gasteiger partial charge in [0.05, 0.1) is 11.6 Å². The molecule has 1 rings (SSSR count). The molecule has 4 heteroatoms. The maximum atomic E-state index is 9.11. The summed E-state index contributed by atoms with van der Waals surface area (Å²) >= 11 is 7.65. The zero-order valence-electron chi connectivity index (χ0n) is 5.51. The van der Waals surface area contributed by atoms with E-state index < -0.39 is 0 Å². The Balaban J connectivity index is 3.21.